The van der Waals surface area contributed by atoms with E-state index < -0.39 is 0 Å². The van der Waals surface area contributed by atoms with Crippen molar-refractivity contribution in [3.8, 4) is 22.6 Å². The Morgan fingerprint density at radius 2 is 1.57 bits per heavy atom. The Balaban J connectivity index is 1.83. The summed E-state index contributed by atoms with van der Waals surface area (Å²) in [4.78, 5) is 11.8. The summed E-state index contributed by atoms with van der Waals surface area (Å²) in [6.45, 7) is 0. The number of rotatable bonds is 4. The van der Waals surface area contributed by atoms with Crippen LogP contribution in [0.25, 0.3) is 21.9 Å². The quantitative estimate of drug-likeness (QED) is 0.484. The average Bonchev–Trinajstić information content (AvgIpc) is 2.75. The minimum atomic E-state index is -0.108. The molecule has 0 bridgehead atoms. The Kier molecular flexibility index (Phi) is 4.68. The first-order valence-electron chi connectivity index (χ1n) is 9.03. The number of ether oxygens (including phenoxy) is 1. The average molecular weight is 368 g/mol. The molecule has 4 heteroatoms. The number of amides is 1. The van der Waals surface area contributed by atoms with E-state index in [0.29, 0.717) is 17.0 Å². The van der Waals surface area contributed by atoms with E-state index in [9.17, 15) is 4.79 Å². The molecule has 0 aliphatic heterocycles. The summed E-state index contributed by atoms with van der Waals surface area (Å²) in [6, 6.07) is 27.1. The lowest BCUT2D eigenvalue weighted by atomic mass is 9.98. The molecule has 4 aromatic rings. The topological polar surface area (TPSA) is 64.3 Å². The Bertz CT molecular complexity index is 1130. The highest BCUT2D eigenvalue weighted by Gasteiger charge is 2.13. The number of hydrogen-bond donors (Lipinski definition) is 2. The molecule has 0 atom stereocenters. The summed E-state index contributed by atoms with van der Waals surface area (Å²) in [5, 5.41) is 4.76. The maximum absolute atomic E-state index is 11.8. The standard InChI is InChI=1S/C24H20N2O2/c1-26-24(27)18-8-6-17(7-9-18)22-15-10-16-4-2-3-5-21(16)23(22)28-20-13-11-19(25)12-14-20/h2-15H,25H2,1H3,(H,26,27). The van der Waals surface area contributed by atoms with E-state index in [0.717, 1.165) is 27.6 Å². The number of nitrogen functional groups attached to an aromatic ring is 1. The van der Waals surface area contributed by atoms with Crippen LogP contribution >= 0.6 is 0 Å². The van der Waals surface area contributed by atoms with Crippen molar-refractivity contribution < 1.29 is 9.53 Å². The number of hydrogen-bond acceptors (Lipinski definition) is 3. The van der Waals surface area contributed by atoms with E-state index in [1.54, 1.807) is 7.05 Å². The van der Waals surface area contributed by atoms with Crippen LogP contribution < -0.4 is 15.8 Å². The molecule has 3 N–H and O–H groups in total. The SMILES string of the molecule is CNC(=O)c1ccc(-c2ccc3ccccc3c2Oc2ccc(N)cc2)cc1. The van der Waals surface area contributed by atoms with Crippen molar-refractivity contribution in [2.75, 3.05) is 12.8 Å². The lowest BCUT2D eigenvalue weighted by molar-refractivity contribution is 0.0963. The third-order valence-electron chi connectivity index (χ3n) is 4.66. The third-order valence-corrected chi connectivity index (χ3v) is 4.66. The van der Waals surface area contributed by atoms with Gasteiger partial charge in [0.15, 0.2) is 0 Å². The minimum absolute atomic E-state index is 0.108. The lowest BCUT2D eigenvalue weighted by Crippen LogP contribution is -2.17. The fraction of sp³-hybridized carbons (Fsp3) is 0.0417. The van der Waals surface area contributed by atoms with Gasteiger partial charge in [-0.05, 0) is 53.4 Å². The molecule has 0 aromatic heterocycles. The summed E-state index contributed by atoms with van der Waals surface area (Å²) < 4.78 is 6.30. The second kappa shape index (κ2) is 7.45. The smallest absolute Gasteiger partial charge is 0.251 e. The summed E-state index contributed by atoms with van der Waals surface area (Å²) in [6.07, 6.45) is 0. The highest BCUT2D eigenvalue weighted by Crippen LogP contribution is 2.39. The van der Waals surface area contributed by atoms with Crippen LogP contribution in [0.15, 0.2) is 84.9 Å². The van der Waals surface area contributed by atoms with Crippen molar-refractivity contribution in [3.63, 3.8) is 0 Å². The summed E-state index contributed by atoms with van der Waals surface area (Å²) in [5.74, 6) is 1.38. The molecule has 0 aliphatic rings. The first-order valence-corrected chi connectivity index (χ1v) is 9.03. The van der Waals surface area contributed by atoms with Gasteiger partial charge in [-0.3, -0.25) is 4.79 Å². The summed E-state index contributed by atoms with van der Waals surface area (Å²) in [7, 11) is 1.62. The number of carbonyl (C=O) groups excluding carboxylic acids is 1. The predicted octanol–water partition coefficient (Wildman–Crippen LogP) is 5.24. The first kappa shape index (κ1) is 17.6. The van der Waals surface area contributed by atoms with Gasteiger partial charge in [0.25, 0.3) is 5.91 Å². The van der Waals surface area contributed by atoms with Crippen LogP contribution in [-0.2, 0) is 0 Å². The van der Waals surface area contributed by atoms with E-state index in [2.05, 4.69) is 17.4 Å². The molecule has 0 heterocycles. The Morgan fingerprint density at radius 1 is 0.857 bits per heavy atom. The van der Waals surface area contributed by atoms with E-state index in [1.807, 2.05) is 72.8 Å². The second-order valence-corrected chi connectivity index (χ2v) is 6.49. The highest BCUT2D eigenvalue weighted by molar-refractivity contribution is 5.97. The number of nitrogens with two attached hydrogens (primary N) is 1. The molecular weight excluding hydrogens is 348 g/mol. The normalized spacial score (nSPS) is 10.6. The van der Waals surface area contributed by atoms with Crippen molar-refractivity contribution in [2.24, 2.45) is 0 Å². The fourth-order valence-electron chi connectivity index (χ4n) is 3.18. The zero-order valence-electron chi connectivity index (χ0n) is 15.5. The zero-order chi connectivity index (χ0) is 19.5. The van der Waals surface area contributed by atoms with E-state index in [-0.39, 0.29) is 5.91 Å². The Morgan fingerprint density at radius 3 is 2.29 bits per heavy atom. The van der Waals surface area contributed by atoms with Crippen LogP contribution in [-0.4, -0.2) is 13.0 Å². The summed E-state index contributed by atoms with van der Waals surface area (Å²) >= 11 is 0. The molecule has 0 aliphatic carbocycles. The molecule has 0 spiro atoms. The van der Waals surface area contributed by atoms with Crippen LogP contribution in [0.2, 0.25) is 0 Å². The Hall–Kier alpha value is -3.79. The molecule has 0 saturated carbocycles. The molecular formula is C24H20N2O2. The maximum Gasteiger partial charge on any atom is 0.251 e. The van der Waals surface area contributed by atoms with Gasteiger partial charge in [-0.25, -0.2) is 0 Å². The third kappa shape index (κ3) is 3.40. The molecule has 0 unspecified atom stereocenters. The molecule has 4 aromatic carbocycles. The number of anilines is 1. The predicted molar refractivity (Wildman–Crippen MR) is 114 cm³/mol. The van der Waals surface area contributed by atoms with Crippen molar-refractivity contribution in [1.29, 1.82) is 0 Å². The first-order chi connectivity index (χ1) is 13.7. The molecule has 0 fully saturated rings. The number of nitrogens with one attached hydrogen (secondary N) is 1. The lowest BCUT2D eigenvalue weighted by Gasteiger charge is -2.15. The van der Waals surface area contributed by atoms with Gasteiger partial charge in [-0.2, -0.15) is 0 Å². The van der Waals surface area contributed by atoms with Crippen molar-refractivity contribution in [3.05, 3.63) is 90.5 Å². The van der Waals surface area contributed by atoms with Gasteiger partial charge in [0.05, 0.1) is 0 Å². The molecule has 28 heavy (non-hydrogen) atoms. The fourth-order valence-corrected chi connectivity index (χ4v) is 3.18. The molecule has 0 radical (unpaired) electrons. The van der Waals surface area contributed by atoms with Crippen LogP contribution in [0.5, 0.6) is 11.5 Å². The van der Waals surface area contributed by atoms with Crippen LogP contribution in [0.3, 0.4) is 0 Å². The molecule has 4 rings (SSSR count). The van der Waals surface area contributed by atoms with Gasteiger partial charge < -0.3 is 15.8 Å². The van der Waals surface area contributed by atoms with E-state index in [1.165, 1.54) is 0 Å². The highest BCUT2D eigenvalue weighted by atomic mass is 16.5. The van der Waals surface area contributed by atoms with Gasteiger partial charge in [0.1, 0.15) is 11.5 Å². The van der Waals surface area contributed by atoms with Crippen molar-refractivity contribution in [1.82, 2.24) is 5.32 Å². The molecule has 4 nitrogen and oxygen atoms in total. The van der Waals surface area contributed by atoms with Crippen molar-refractivity contribution in [2.45, 2.75) is 0 Å². The number of fused-ring (bicyclic) bond motifs is 1. The molecule has 138 valence electrons. The Labute approximate surface area is 163 Å². The van der Waals surface area contributed by atoms with Crippen LogP contribution in [0, 0.1) is 0 Å². The minimum Gasteiger partial charge on any atom is -0.456 e. The van der Waals surface area contributed by atoms with Crippen LogP contribution in [0.1, 0.15) is 10.4 Å². The van der Waals surface area contributed by atoms with Gasteiger partial charge >= 0.3 is 0 Å². The van der Waals surface area contributed by atoms with Crippen LogP contribution in [0.4, 0.5) is 5.69 Å². The number of benzene rings is 4. The van der Waals surface area contributed by atoms with Gasteiger partial charge in [0, 0.05) is 29.2 Å². The van der Waals surface area contributed by atoms with Gasteiger partial charge in [-0.15, -0.1) is 0 Å². The van der Waals surface area contributed by atoms with Gasteiger partial charge in [-0.1, -0.05) is 42.5 Å². The maximum atomic E-state index is 11.8. The van der Waals surface area contributed by atoms with Crippen molar-refractivity contribution >= 4 is 22.4 Å². The molecule has 0 saturated heterocycles. The zero-order valence-corrected chi connectivity index (χ0v) is 15.5. The molecule has 1 amide bonds. The second-order valence-electron chi connectivity index (χ2n) is 6.49. The monoisotopic (exact) mass is 368 g/mol. The van der Waals surface area contributed by atoms with Gasteiger partial charge in [0.2, 0.25) is 0 Å². The number of carbonyl (C=O) groups is 1. The van der Waals surface area contributed by atoms with E-state index >= 15 is 0 Å². The summed E-state index contributed by atoms with van der Waals surface area (Å²) in [5.41, 5.74) is 9.04. The largest absolute Gasteiger partial charge is 0.456 e. The van der Waals surface area contributed by atoms with E-state index in [4.69, 9.17) is 10.5 Å².